The van der Waals surface area contributed by atoms with Gasteiger partial charge in [0.25, 0.3) is 0 Å². The zero-order valence-corrected chi connectivity index (χ0v) is 8.34. The summed E-state index contributed by atoms with van der Waals surface area (Å²) >= 11 is 0. The molecule has 1 aromatic rings. The topological polar surface area (TPSA) is 37.3 Å². The summed E-state index contributed by atoms with van der Waals surface area (Å²) < 4.78 is 25.6. The monoisotopic (exact) mass is 214 g/mol. The van der Waals surface area contributed by atoms with Crippen molar-refractivity contribution in [3.63, 3.8) is 0 Å². The molecule has 0 aliphatic rings. The van der Waals surface area contributed by atoms with Gasteiger partial charge in [0.2, 0.25) is 0 Å². The number of carboxylic acids is 1. The van der Waals surface area contributed by atoms with Gasteiger partial charge in [0.1, 0.15) is 11.6 Å². The van der Waals surface area contributed by atoms with Gasteiger partial charge in [-0.15, -0.1) is 0 Å². The Morgan fingerprint density at radius 2 is 1.87 bits per heavy atom. The van der Waals surface area contributed by atoms with E-state index in [0.717, 1.165) is 6.07 Å². The first-order valence-corrected chi connectivity index (χ1v) is 4.64. The average molecular weight is 214 g/mol. The number of aliphatic carboxylic acids is 1. The molecule has 2 nitrogen and oxygen atoms in total. The molecule has 0 aromatic heterocycles. The summed E-state index contributed by atoms with van der Waals surface area (Å²) in [5.74, 6) is -2.30. The third-order valence-corrected chi connectivity index (χ3v) is 2.03. The van der Waals surface area contributed by atoms with Crippen molar-refractivity contribution in [3.05, 3.63) is 35.4 Å². The maximum absolute atomic E-state index is 12.8. The van der Waals surface area contributed by atoms with Gasteiger partial charge >= 0.3 is 5.97 Å². The van der Waals surface area contributed by atoms with Gasteiger partial charge in [-0.05, 0) is 30.0 Å². The maximum Gasteiger partial charge on any atom is 0.303 e. The van der Waals surface area contributed by atoms with Crippen LogP contribution in [0, 0.1) is 17.6 Å². The molecule has 0 fully saturated rings. The van der Waals surface area contributed by atoms with E-state index < -0.39 is 17.6 Å². The minimum atomic E-state index is -0.903. The first kappa shape index (κ1) is 11.6. The smallest absolute Gasteiger partial charge is 0.303 e. The van der Waals surface area contributed by atoms with E-state index in [4.69, 9.17) is 5.11 Å². The van der Waals surface area contributed by atoms with Crippen molar-refractivity contribution >= 4 is 5.97 Å². The van der Waals surface area contributed by atoms with Crippen LogP contribution in [0.1, 0.15) is 18.9 Å². The summed E-state index contributed by atoms with van der Waals surface area (Å²) in [6.07, 6.45) is 0.360. The highest BCUT2D eigenvalue weighted by Crippen LogP contribution is 2.14. The molecule has 0 saturated heterocycles. The third-order valence-electron chi connectivity index (χ3n) is 2.03. The van der Waals surface area contributed by atoms with E-state index in [2.05, 4.69) is 0 Å². The van der Waals surface area contributed by atoms with Crippen LogP contribution in [-0.4, -0.2) is 11.1 Å². The predicted octanol–water partition coefficient (Wildman–Crippen LogP) is 2.62. The van der Waals surface area contributed by atoms with Crippen molar-refractivity contribution in [2.24, 2.45) is 5.92 Å². The van der Waals surface area contributed by atoms with Crippen LogP contribution in [0.25, 0.3) is 0 Å². The molecule has 0 bridgehead atoms. The summed E-state index contributed by atoms with van der Waals surface area (Å²) in [5.41, 5.74) is 0.487. The molecule has 1 N–H and O–H groups in total. The summed E-state index contributed by atoms with van der Waals surface area (Å²) in [6, 6.07) is 3.24. The molecule has 0 spiro atoms. The maximum atomic E-state index is 12.8. The number of carboxylic acid groups (broad SMARTS) is 1. The van der Waals surface area contributed by atoms with Gasteiger partial charge in [-0.1, -0.05) is 6.92 Å². The van der Waals surface area contributed by atoms with Gasteiger partial charge in [0, 0.05) is 12.5 Å². The summed E-state index contributed by atoms with van der Waals surface area (Å²) in [5, 5.41) is 8.52. The minimum absolute atomic E-state index is 0.00185. The van der Waals surface area contributed by atoms with Crippen molar-refractivity contribution in [3.8, 4) is 0 Å². The summed E-state index contributed by atoms with van der Waals surface area (Å²) in [6.45, 7) is 1.73. The van der Waals surface area contributed by atoms with Gasteiger partial charge in [-0.2, -0.15) is 0 Å². The Bertz CT molecular complexity index is 343. The van der Waals surface area contributed by atoms with Crippen LogP contribution in [0.2, 0.25) is 0 Å². The summed E-state index contributed by atoms with van der Waals surface area (Å²) in [7, 11) is 0. The van der Waals surface area contributed by atoms with Crippen LogP contribution in [0.15, 0.2) is 18.2 Å². The van der Waals surface area contributed by atoms with Gasteiger partial charge in [0.15, 0.2) is 0 Å². The predicted molar refractivity (Wildman–Crippen MR) is 51.5 cm³/mol. The number of rotatable bonds is 4. The molecule has 0 amide bonds. The lowest BCUT2D eigenvalue weighted by Crippen LogP contribution is -2.07. The van der Waals surface area contributed by atoms with Crippen molar-refractivity contribution in [1.29, 1.82) is 0 Å². The molecule has 15 heavy (non-hydrogen) atoms. The fourth-order valence-corrected chi connectivity index (χ4v) is 1.50. The molecule has 0 aliphatic carbocycles. The molecule has 0 saturated carbocycles. The van der Waals surface area contributed by atoms with E-state index in [9.17, 15) is 13.6 Å². The first-order chi connectivity index (χ1) is 6.97. The fraction of sp³-hybridized carbons (Fsp3) is 0.364. The van der Waals surface area contributed by atoms with Crippen LogP contribution in [0.5, 0.6) is 0 Å². The second-order valence-corrected chi connectivity index (χ2v) is 3.68. The second kappa shape index (κ2) is 4.87. The Labute approximate surface area is 86.5 Å². The van der Waals surface area contributed by atoms with Crippen molar-refractivity contribution in [2.75, 3.05) is 0 Å². The normalized spacial score (nSPS) is 12.5. The Morgan fingerprint density at radius 3 is 2.33 bits per heavy atom. The second-order valence-electron chi connectivity index (χ2n) is 3.68. The molecule has 0 aliphatic heterocycles. The van der Waals surface area contributed by atoms with Crippen molar-refractivity contribution in [1.82, 2.24) is 0 Å². The Kier molecular flexibility index (Phi) is 3.77. The number of halogens is 2. The van der Waals surface area contributed by atoms with E-state index in [-0.39, 0.29) is 12.3 Å². The average Bonchev–Trinajstić information content (AvgIpc) is 1.98. The Morgan fingerprint density at radius 1 is 1.33 bits per heavy atom. The van der Waals surface area contributed by atoms with Crippen LogP contribution < -0.4 is 0 Å². The quantitative estimate of drug-likeness (QED) is 0.836. The SMILES string of the molecule is CC(CC(=O)O)Cc1cc(F)cc(F)c1. The molecule has 82 valence electrons. The van der Waals surface area contributed by atoms with Gasteiger partial charge in [-0.25, -0.2) is 8.78 Å². The largest absolute Gasteiger partial charge is 0.481 e. The van der Waals surface area contributed by atoms with Crippen LogP contribution in [0.3, 0.4) is 0 Å². The third kappa shape index (κ3) is 4.06. The van der Waals surface area contributed by atoms with Crippen molar-refractivity contribution in [2.45, 2.75) is 19.8 Å². The summed E-state index contributed by atoms with van der Waals surface area (Å²) in [4.78, 5) is 10.4. The lowest BCUT2D eigenvalue weighted by atomic mass is 9.98. The lowest BCUT2D eigenvalue weighted by molar-refractivity contribution is -0.137. The van der Waals surface area contributed by atoms with E-state index >= 15 is 0 Å². The molecular formula is C11H12F2O2. The standard InChI is InChI=1S/C11H12F2O2/c1-7(3-11(14)15)2-8-4-9(12)6-10(13)5-8/h4-7H,2-3H2,1H3,(H,14,15). The van der Waals surface area contributed by atoms with E-state index in [1.165, 1.54) is 12.1 Å². The molecule has 1 aromatic carbocycles. The molecular weight excluding hydrogens is 202 g/mol. The molecule has 0 radical (unpaired) electrons. The highest BCUT2D eigenvalue weighted by Gasteiger charge is 2.09. The zero-order valence-electron chi connectivity index (χ0n) is 8.34. The first-order valence-electron chi connectivity index (χ1n) is 4.64. The number of benzene rings is 1. The Balaban J connectivity index is 2.67. The van der Waals surface area contributed by atoms with E-state index in [1.54, 1.807) is 6.92 Å². The van der Waals surface area contributed by atoms with Crippen LogP contribution in [-0.2, 0) is 11.2 Å². The molecule has 1 atom stereocenters. The Hall–Kier alpha value is -1.45. The van der Waals surface area contributed by atoms with Gasteiger partial charge < -0.3 is 5.11 Å². The van der Waals surface area contributed by atoms with Crippen LogP contribution in [0.4, 0.5) is 8.78 Å². The van der Waals surface area contributed by atoms with Crippen molar-refractivity contribution < 1.29 is 18.7 Å². The number of hydrogen-bond donors (Lipinski definition) is 1. The lowest BCUT2D eigenvalue weighted by Gasteiger charge is -2.08. The molecule has 4 heteroatoms. The van der Waals surface area contributed by atoms with Crippen LogP contribution >= 0.6 is 0 Å². The van der Waals surface area contributed by atoms with Gasteiger partial charge in [0.05, 0.1) is 0 Å². The van der Waals surface area contributed by atoms with Gasteiger partial charge in [-0.3, -0.25) is 4.79 Å². The van der Waals surface area contributed by atoms with E-state index in [0.29, 0.717) is 12.0 Å². The number of hydrogen-bond acceptors (Lipinski definition) is 1. The molecule has 1 unspecified atom stereocenters. The molecule has 0 heterocycles. The highest BCUT2D eigenvalue weighted by atomic mass is 19.1. The number of carbonyl (C=O) groups is 1. The van der Waals surface area contributed by atoms with E-state index in [1.807, 2.05) is 0 Å². The minimum Gasteiger partial charge on any atom is -0.481 e. The fourth-order valence-electron chi connectivity index (χ4n) is 1.50. The highest BCUT2D eigenvalue weighted by molar-refractivity contribution is 5.67. The molecule has 1 rings (SSSR count). The zero-order chi connectivity index (χ0) is 11.4.